The van der Waals surface area contributed by atoms with Crippen LogP contribution in [0.1, 0.15) is 27.9 Å². The molecule has 1 fully saturated rings. The fraction of sp³-hybridized carbons (Fsp3) is 0.300. The number of nitrogens with one attached hydrogen (secondary N) is 2. The van der Waals surface area contributed by atoms with Crippen molar-refractivity contribution in [2.75, 3.05) is 26.8 Å². The number of nitrogens with zero attached hydrogens (tertiary/aromatic N) is 1. The van der Waals surface area contributed by atoms with Crippen LogP contribution in [0.25, 0.3) is 0 Å². The number of likely N-dealkylation sites (tertiary alicyclic amines) is 1. The zero-order chi connectivity index (χ0) is 27.2. The maximum Gasteiger partial charge on any atom is 0.258 e. The van der Waals surface area contributed by atoms with Crippen molar-refractivity contribution < 1.29 is 28.6 Å². The molecule has 0 saturated carbocycles. The highest BCUT2D eigenvalue weighted by molar-refractivity contribution is 5.94. The molecule has 2 atom stereocenters. The Kier molecular flexibility index (Phi) is 7.96. The van der Waals surface area contributed by atoms with Crippen LogP contribution in [-0.4, -0.2) is 61.6 Å². The van der Waals surface area contributed by atoms with Gasteiger partial charge in [-0.1, -0.05) is 36.4 Å². The Morgan fingerprint density at radius 1 is 0.923 bits per heavy atom. The monoisotopic (exact) mass is 529 g/mol. The molecule has 3 amide bonds. The molecule has 3 aliphatic rings. The van der Waals surface area contributed by atoms with Crippen LogP contribution in [0, 0.1) is 0 Å². The van der Waals surface area contributed by atoms with E-state index in [1.807, 2.05) is 48.5 Å². The predicted molar refractivity (Wildman–Crippen MR) is 144 cm³/mol. The Bertz CT molecular complexity index is 1330. The van der Waals surface area contributed by atoms with E-state index in [4.69, 9.17) is 14.2 Å². The summed E-state index contributed by atoms with van der Waals surface area (Å²) in [5.74, 6) is 1.05. The van der Waals surface area contributed by atoms with Crippen molar-refractivity contribution in [1.82, 2.24) is 15.5 Å². The van der Waals surface area contributed by atoms with Crippen molar-refractivity contribution in [1.29, 1.82) is 0 Å². The minimum atomic E-state index is -0.421. The molecule has 9 nitrogen and oxygen atoms in total. The van der Waals surface area contributed by atoms with Gasteiger partial charge < -0.3 is 29.7 Å². The van der Waals surface area contributed by atoms with E-state index in [0.29, 0.717) is 48.9 Å². The highest BCUT2D eigenvalue weighted by Gasteiger charge is 2.38. The molecule has 4 bridgehead atoms. The second-order valence-electron chi connectivity index (χ2n) is 9.60. The Morgan fingerprint density at radius 3 is 2.46 bits per heavy atom. The average Bonchev–Trinajstić information content (AvgIpc) is 3.35. The molecule has 0 aromatic heterocycles. The van der Waals surface area contributed by atoms with E-state index in [1.165, 1.54) is 7.11 Å². The Balaban J connectivity index is 1.38. The summed E-state index contributed by atoms with van der Waals surface area (Å²) in [4.78, 5) is 40.3. The van der Waals surface area contributed by atoms with Crippen molar-refractivity contribution in [3.8, 4) is 17.2 Å². The molecular weight excluding hydrogens is 498 g/mol. The lowest BCUT2D eigenvalue weighted by molar-refractivity contribution is -0.123. The molecule has 0 radical (unpaired) electrons. The van der Waals surface area contributed by atoms with Crippen molar-refractivity contribution >= 4 is 17.7 Å². The number of hydrogen-bond acceptors (Lipinski definition) is 6. The number of hydrogen-bond donors (Lipinski definition) is 2. The fourth-order valence-corrected chi connectivity index (χ4v) is 4.74. The molecule has 2 N–H and O–H groups in total. The number of amides is 3. The first-order valence-electron chi connectivity index (χ1n) is 12.9. The second-order valence-corrected chi connectivity index (χ2v) is 9.60. The van der Waals surface area contributed by atoms with Crippen molar-refractivity contribution in [3.63, 3.8) is 0 Å². The third-order valence-electron chi connectivity index (χ3n) is 6.85. The van der Waals surface area contributed by atoms with Gasteiger partial charge in [-0.25, -0.2) is 0 Å². The van der Waals surface area contributed by atoms with E-state index in [-0.39, 0.29) is 36.8 Å². The Morgan fingerprint density at radius 2 is 1.69 bits per heavy atom. The molecule has 39 heavy (non-hydrogen) atoms. The van der Waals surface area contributed by atoms with Crippen molar-refractivity contribution in [2.45, 2.75) is 31.5 Å². The number of carbonyl (C=O) groups excluding carboxylic acids is 3. The highest BCUT2D eigenvalue weighted by Crippen LogP contribution is 2.29. The summed E-state index contributed by atoms with van der Waals surface area (Å²) in [6, 6.07) is 21.5. The SMILES string of the molecule is COc1ccc2cc1OCC(=O)NCc1ccc(cc1)O[C@H]1CN(C(=O)c3ccccc3)C[C@@H]1NC(=O)CC2. The highest BCUT2D eigenvalue weighted by atomic mass is 16.5. The van der Waals surface area contributed by atoms with Crippen LogP contribution in [0.2, 0.25) is 0 Å². The lowest BCUT2D eigenvalue weighted by atomic mass is 10.1. The molecule has 3 aromatic carbocycles. The van der Waals surface area contributed by atoms with Crippen LogP contribution in [0.5, 0.6) is 17.2 Å². The lowest BCUT2D eigenvalue weighted by Gasteiger charge is -2.21. The van der Waals surface area contributed by atoms with Gasteiger partial charge in [0.05, 0.1) is 19.7 Å². The van der Waals surface area contributed by atoms with Gasteiger partial charge in [-0.15, -0.1) is 0 Å². The van der Waals surface area contributed by atoms with Crippen LogP contribution >= 0.6 is 0 Å². The van der Waals surface area contributed by atoms with Crippen LogP contribution in [0.3, 0.4) is 0 Å². The number of ether oxygens (including phenoxy) is 3. The van der Waals surface area contributed by atoms with Gasteiger partial charge in [-0.05, 0) is 53.9 Å². The van der Waals surface area contributed by atoms with Gasteiger partial charge in [0, 0.05) is 25.1 Å². The first-order valence-corrected chi connectivity index (χ1v) is 12.9. The van der Waals surface area contributed by atoms with Crippen molar-refractivity contribution in [2.24, 2.45) is 0 Å². The van der Waals surface area contributed by atoms with Gasteiger partial charge in [0.2, 0.25) is 5.91 Å². The maximum absolute atomic E-state index is 13.1. The first kappa shape index (κ1) is 26.1. The van der Waals surface area contributed by atoms with Gasteiger partial charge in [0.1, 0.15) is 11.9 Å². The van der Waals surface area contributed by atoms with Gasteiger partial charge >= 0.3 is 0 Å². The number of methoxy groups -OCH3 is 1. The fourth-order valence-electron chi connectivity index (χ4n) is 4.74. The van der Waals surface area contributed by atoms with E-state index in [2.05, 4.69) is 10.6 Å². The number of benzene rings is 3. The molecule has 0 unspecified atom stereocenters. The summed E-state index contributed by atoms with van der Waals surface area (Å²) in [5, 5.41) is 5.94. The van der Waals surface area contributed by atoms with Crippen LogP contribution in [0.4, 0.5) is 0 Å². The molecule has 0 spiro atoms. The van der Waals surface area contributed by atoms with Crippen molar-refractivity contribution in [3.05, 3.63) is 89.5 Å². The average molecular weight is 530 g/mol. The van der Waals surface area contributed by atoms with Gasteiger partial charge in [-0.3, -0.25) is 14.4 Å². The van der Waals surface area contributed by atoms with Crippen LogP contribution in [0.15, 0.2) is 72.8 Å². The van der Waals surface area contributed by atoms with Crippen LogP contribution in [-0.2, 0) is 22.6 Å². The molecule has 202 valence electrons. The minimum absolute atomic E-state index is 0.104. The summed E-state index contributed by atoms with van der Waals surface area (Å²) in [6.07, 6.45) is 0.275. The van der Waals surface area contributed by atoms with Gasteiger partial charge in [0.25, 0.3) is 11.8 Å². The number of rotatable bonds is 2. The number of carbonyl (C=O) groups is 3. The second kappa shape index (κ2) is 11.9. The molecule has 9 heteroatoms. The Labute approximate surface area is 227 Å². The van der Waals surface area contributed by atoms with Gasteiger partial charge in [0.15, 0.2) is 18.1 Å². The molecule has 3 aliphatic heterocycles. The topological polar surface area (TPSA) is 106 Å². The zero-order valence-corrected chi connectivity index (χ0v) is 21.7. The summed E-state index contributed by atoms with van der Waals surface area (Å²) in [7, 11) is 1.53. The molecule has 6 rings (SSSR count). The Hall–Kier alpha value is -4.53. The van der Waals surface area contributed by atoms with E-state index in [1.54, 1.807) is 29.2 Å². The molecule has 3 heterocycles. The number of fused-ring (bicyclic) bond motifs is 9. The third kappa shape index (κ3) is 6.49. The third-order valence-corrected chi connectivity index (χ3v) is 6.85. The zero-order valence-electron chi connectivity index (χ0n) is 21.7. The smallest absolute Gasteiger partial charge is 0.258 e. The van der Waals surface area contributed by atoms with E-state index >= 15 is 0 Å². The van der Waals surface area contributed by atoms with E-state index in [0.717, 1.165) is 11.1 Å². The summed E-state index contributed by atoms with van der Waals surface area (Å²) in [6.45, 7) is 0.856. The van der Waals surface area contributed by atoms with Crippen LogP contribution < -0.4 is 24.8 Å². The normalized spacial score (nSPS) is 19.8. The molecule has 3 aromatic rings. The molecule has 1 saturated heterocycles. The lowest BCUT2D eigenvalue weighted by Crippen LogP contribution is -2.45. The minimum Gasteiger partial charge on any atom is -0.493 e. The quantitative estimate of drug-likeness (QED) is 0.529. The maximum atomic E-state index is 13.1. The predicted octanol–water partition coefficient (Wildman–Crippen LogP) is 2.72. The van der Waals surface area contributed by atoms with Gasteiger partial charge in [-0.2, -0.15) is 0 Å². The standard InChI is InChI=1S/C30H31N3O6/c1-37-25-13-9-20-10-14-28(34)32-24-17-33(30(36)22-5-3-2-4-6-22)18-27(24)39-23-11-7-21(8-12-23)16-31-29(35)19-38-26(25)15-20/h2-9,11-13,15,24,27H,10,14,16-19H2,1H3,(H,31,35)(H,32,34)/t24-,27-/m0/s1. The largest absolute Gasteiger partial charge is 0.493 e. The molecular formula is C30H31N3O6. The van der Waals surface area contributed by atoms with E-state index < -0.39 is 6.10 Å². The summed E-state index contributed by atoms with van der Waals surface area (Å²) >= 11 is 0. The summed E-state index contributed by atoms with van der Waals surface area (Å²) in [5.41, 5.74) is 2.36. The first-order chi connectivity index (χ1) is 19.0. The summed E-state index contributed by atoms with van der Waals surface area (Å²) < 4.78 is 17.4. The number of aryl methyl sites for hydroxylation is 1. The van der Waals surface area contributed by atoms with E-state index in [9.17, 15) is 14.4 Å². The molecule has 0 aliphatic carbocycles.